The van der Waals surface area contributed by atoms with Gasteiger partial charge in [0.2, 0.25) is 0 Å². The number of nitrogens with one attached hydrogen (secondary N) is 1. The third-order valence-corrected chi connectivity index (χ3v) is 6.56. The molecule has 0 saturated heterocycles. The van der Waals surface area contributed by atoms with E-state index in [-0.39, 0.29) is 0 Å². The van der Waals surface area contributed by atoms with Gasteiger partial charge in [-0.05, 0) is 39.8 Å². The minimum Gasteiger partial charge on any atom is -0.317 e. The second-order valence-corrected chi connectivity index (χ2v) is 8.76. The van der Waals surface area contributed by atoms with Crippen molar-refractivity contribution in [3.63, 3.8) is 0 Å². The molecule has 1 N–H and O–H groups in total. The van der Waals surface area contributed by atoms with Gasteiger partial charge in [0.05, 0.1) is 0 Å². The smallest absolute Gasteiger partial charge is 0.159 e. The summed E-state index contributed by atoms with van der Waals surface area (Å²) in [7, 11) is -3.18. The van der Waals surface area contributed by atoms with Crippen LogP contribution < -0.4 is 5.32 Å². The van der Waals surface area contributed by atoms with E-state index in [1.54, 1.807) is 13.8 Å². The van der Waals surface area contributed by atoms with Crippen molar-refractivity contribution in [2.24, 2.45) is 0 Å². The van der Waals surface area contributed by atoms with Gasteiger partial charge in [-0.15, -0.1) is 10.2 Å². The molecule has 0 fully saturated rings. The Balaban J connectivity index is 2.58. The van der Waals surface area contributed by atoms with Crippen LogP contribution in [0.15, 0.2) is 0 Å². The Hall–Kier alpha value is -0.530. The largest absolute Gasteiger partial charge is 0.317 e. The molecular weight excluding hydrogens is 282 g/mol. The molecule has 5 nitrogen and oxygen atoms in total. The van der Waals surface area contributed by atoms with Crippen molar-refractivity contribution in [3.8, 4) is 0 Å². The van der Waals surface area contributed by atoms with Crippen LogP contribution in [0.5, 0.6) is 0 Å². The van der Waals surface area contributed by atoms with Gasteiger partial charge in [-0.25, -0.2) is 8.42 Å². The summed E-state index contributed by atoms with van der Waals surface area (Å²) < 4.78 is 22.5. The lowest BCUT2D eigenvalue weighted by atomic mass is 10.2. The van der Waals surface area contributed by atoms with Crippen LogP contribution in [0.1, 0.15) is 43.6 Å². The zero-order valence-corrected chi connectivity index (χ0v) is 13.7. The van der Waals surface area contributed by atoms with E-state index in [1.165, 1.54) is 17.6 Å². The molecule has 1 aromatic heterocycles. The predicted octanol–water partition coefficient (Wildman–Crippen LogP) is 1.75. The number of nitrogens with zero attached hydrogens (tertiary/aromatic N) is 2. The van der Waals surface area contributed by atoms with Gasteiger partial charge < -0.3 is 5.32 Å². The van der Waals surface area contributed by atoms with Gasteiger partial charge in [0, 0.05) is 12.7 Å². The van der Waals surface area contributed by atoms with Crippen LogP contribution in [0.25, 0.3) is 0 Å². The van der Waals surface area contributed by atoms with Crippen molar-refractivity contribution < 1.29 is 8.42 Å². The average molecular weight is 305 g/mol. The first-order chi connectivity index (χ1) is 8.79. The molecule has 0 saturated carbocycles. The minimum atomic E-state index is -3.18. The van der Waals surface area contributed by atoms with Crippen molar-refractivity contribution in [2.45, 2.75) is 44.8 Å². The first-order valence-electron chi connectivity index (χ1n) is 6.52. The summed E-state index contributed by atoms with van der Waals surface area (Å²) in [5, 5.41) is 12.9. The molecule has 110 valence electrons. The molecular formula is C12H23N3O2S2. The van der Waals surface area contributed by atoms with Gasteiger partial charge >= 0.3 is 0 Å². The first kappa shape index (κ1) is 16.5. The maximum atomic E-state index is 11.7. The predicted molar refractivity (Wildman–Crippen MR) is 79.3 cm³/mol. The molecule has 7 heteroatoms. The number of aryl methyl sites for hydroxylation is 1. The van der Waals surface area contributed by atoms with Crippen LogP contribution in [-0.4, -0.2) is 38.0 Å². The summed E-state index contributed by atoms with van der Waals surface area (Å²) in [6, 6.07) is 0. The van der Waals surface area contributed by atoms with Crippen LogP contribution >= 0.6 is 11.3 Å². The third-order valence-electron chi connectivity index (χ3n) is 3.08. The summed E-state index contributed by atoms with van der Waals surface area (Å²) in [6.45, 7) is 7.48. The molecule has 0 aliphatic rings. The Kier molecular flexibility index (Phi) is 5.88. The average Bonchev–Trinajstić information content (AvgIpc) is 2.76. The molecule has 0 atom stereocenters. The summed E-state index contributed by atoms with van der Waals surface area (Å²) in [5.41, 5.74) is 0. The highest BCUT2D eigenvalue weighted by Gasteiger charge is 2.35. The Morgan fingerprint density at radius 1 is 1.26 bits per heavy atom. The van der Waals surface area contributed by atoms with Crippen molar-refractivity contribution in [1.29, 1.82) is 0 Å². The van der Waals surface area contributed by atoms with Crippen molar-refractivity contribution in [1.82, 2.24) is 15.5 Å². The molecule has 19 heavy (non-hydrogen) atoms. The van der Waals surface area contributed by atoms with E-state index < -0.39 is 14.6 Å². The van der Waals surface area contributed by atoms with E-state index in [0.29, 0.717) is 5.01 Å². The lowest BCUT2D eigenvalue weighted by Gasteiger charge is -2.18. The number of hydrogen-bond acceptors (Lipinski definition) is 6. The van der Waals surface area contributed by atoms with E-state index in [2.05, 4.69) is 22.4 Å². The molecule has 1 heterocycles. The molecule has 0 spiro atoms. The van der Waals surface area contributed by atoms with Gasteiger partial charge in [-0.3, -0.25) is 0 Å². The number of aromatic nitrogens is 2. The second-order valence-electron chi connectivity index (χ2n) is 5.14. The van der Waals surface area contributed by atoms with Crippen LogP contribution in [-0.2, 0) is 21.0 Å². The van der Waals surface area contributed by atoms with E-state index in [9.17, 15) is 8.42 Å². The fraction of sp³-hybridized carbons (Fsp3) is 0.833. The van der Waals surface area contributed by atoms with Crippen molar-refractivity contribution in [3.05, 3.63) is 10.0 Å². The maximum absolute atomic E-state index is 11.7. The Morgan fingerprint density at radius 2 is 1.95 bits per heavy atom. The standard InChI is InChI=1S/C12H23N3O2S2/c1-5-8-13-9-6-7-10-14-15-11(18-10)12(2,3)19(4,16)17/h13H,5-9H2,1-4H3. The van der Waals surface area contributed by atoms with Crippen molar-refractivity contribution in [2.75, 3.05) is 19.3 Å². The first-order valence-corrected chi connectivity index (χ1v) is 9.23. The molecule has 0 aromatic carbocycles. The second kappa shape index (κ2) is 6.76. The summed E-state index contributed by atoms with van der Waals surface area (Å²) in [4.78, 5) is 0. The summed E-state index contributed by atoms with van der Waals surface area (Å²) in [6.07, 6.45) is 4.20. The van der Waals surface area contributed by atoms with Crippen LogP contribution in [0, 0.1) is 0 Å². The highest BCUT2D eigenvalue weighted by atomic mass is 32.2. The number of rotatable bonds is 8. The van der Waals surface area contributed by atoms with Crippen LogP contribution in [0.2, 0.25) is 0 Å². The number of hydrogen-bond donors (Lipinski definition) is 1. The van der Waals surface area contributed by atoms with Gasteiger partial charge in [0.25, 0.3) is 0 Å². The normalized spacial score (nSPS) is 12.8. The highest BCUT2D eigenvalue weighted by molar-refractivity contribution is 7.91. The topological polar surface area (TPSA) is 72.0 Å². The molecule has 0 bridgehead atoms. The molecule has 0 aliphatic heterocycles. The highest BCUT2D eigenvalue weighted by Crippen LogP contribution is 2.31. The number of sulfone groups is 1. The maximum Gasteiger partial charge on any atom is 0.159 e. The quantitative estimate of drug-likeness (QED) is 0.741. The Labute approximate surface area is 119 Å². The Morgan fingerprint density at radius 3 is 2.53 bits per heavy atom. The molecule has 0 aliphatic carbocycles. The molecule has 0 radical (unpaired) electrons. The SMILES string of the molecule is CCCNCCCc1nnc(C(C)(C)S(C)(=O)=O)s1. The van der Waals surface area contributed by atoms with Crippen LogP contribution in [0.3, 0.4) is 0 Å². The summed E-state index contributed by atoms with van der Waals surface area (Å²) >= 11 is 1.40. The van der Waals surface area contributed by atoms with Crippen molar-refractivity contribution >= 4 is 21.2 Å². The molecule has 1 aromatic rings. The fourth-order valence-electron chi connectivity index (χ4n) is 1.42. The minimum absolute atomic E-state index is 0.575. The molecule has 0 unspecified atom stereocenters. The van der Waals surface area contributed by atoms with Crippen LogP contribution in [0.4, 0.5) is 0 Å². The van der Waals surface area contributed by atoms with E-state index in [0.717, 1.165) is 37.4 Å². The van der Waals surface area contributed by atoms with Gasteiger partial charge in [-0.1, -0.05) is 18.3 Å². The van der Waals surface area contributed by atoms with E-state index >= 15 is 0 Å². The third kappa shape index (κ3) is 4.50. The molecule has 0 amide bonds. The zero-order chi connectivity index (χ0) is 14.5. The van der Waals surface area contributed by atoms with E-state index in [4.69, 9.17) is 0 Å². The van der Waals surface area contributed by atoms with Gasteiger partial charge in [0.15, 0.2) is 9.84 Å². The summed E-state index contributed by atoms with van der Waals surface area (Å²) in [5.74, 6) is 0. The Bertz CT molecular complexity index is 495. The fourth-order valence-corrected chi connectivity index (χ4v) is 3.24. The lowest BCUT2D eigenvalue weighted by Crippen LogP contribution is -2.27. The lowest BCUT2D eigenvalue weighted by molar-refractivity contribution is 0.558. The molecule has 1 rings (SSSR count). The van der Waals surface area contributed by atoms with E-state index in [1.807, 2.05) is 0 Å². The monoisotopic (exact) mass is 305 g/mol. The van der Waals surface area contributed by atoms with Gasteiger partial charge in [0.1, 0.15) is 14.8 Å². The van der Waals surface area contributed by atoms with Gasteiger partial charge in [-0.2, -0.15) is 0 Å². The zero-order valence-electron chi connectivity index (χ0n) is 12.1.